The first-order chi connectivity index (χ1) is 19.2. The number of fused-ring (bicyclic) bond motifs is 1. The van der Waals surface area contributed by atoms with Crippen LogP contribution in [0.2, 0.25) is 0 Å². The van der Waals surface area contributed by atoms with Gasteiger partial charge < -0.3 is 20.1 Å². The molecule has 0 saturated carbocycles. The Hall–Kier alpha value is -4.95. The van der Waals surface area contributed by atoms with Crippen molar-refractivity contribution in [3.8, 4) is 23.3 Å². The summed E-state index contributed by atoms with van der Waals surface area (Å²) in [7, 11) is 0. The highest BCUT2D eigenvalue weighted by molar-refractivity contribution is 5.98. The van der Waals surface area contributed by atoms with Crippen molar-refractivity contribution in [2.75, 3.05) is 25.4 Å². The van der Waals surface area contributed by atoms with Crippen LogP contribution in [0.25, 0.3) is 16.9 Å². The maximum atomic E-state index is 13.8. The van der Waals surface area contributed by atoms with E-state index in [-0.39, 0.29) is 36.2 Å². The molecule has 1 amide bonds. The van der Waals surface area contributed by atoms with Gasteiger partial charge in [0.25, 0.3) is 5.91 Å². The number of imidazole rings is 1. The number of hydrogen-bond donors (Lipinski definition) is 1. The lowest BCUT2D eigenvalue weighted by Crippen LogP contribution is -2.53. The number of nitrogens with two attached hydrogens (primary N) is 1. The molecule has 11 nitrogen and oxygen atoms in total. The zero-order valence-electron chi connectivity index (χ0n) is 22.4. The van der Waals surface area contributed by atoms with Crippen LogP contribution in [-0.2, 0) is 9.53 Å². The van der Waals surface area contributed by atoms with Crippen molar-refractivity contribution in [3.05, 3.63) is 83.1 Å². The molecule has 1 fully saturated rings. The number of carbonyl (C=O) groups is 1. The SMILES string of the molecule is CCOC(C)(C)C=C(C#N)C(=O)N1CC(n2c(=O)n(-c3ccc(Oc4ccccc4)cc3)c3c(N)ncnc32)C1. The number of para-hydroxylation sites is 1. The fraction of sp³-hybridized carbons (Fsp3) is 0.276. The van der Waals surface area contributed by atoms with Gasteiger partial charge in [-0.25, -0.2) is 14.8 Å². The summed E-state index contributed by atoms with van der Waals surface area (Å²) in [6.45, 7) is 6.35. The van der Waals surface area contributed by atoms with E-state index >= 15 is 0 Å². The number of rotatable bonds is 8. The number of aromatic nitrogens is 4. The highest BCUT2D eigenvalue weighted by Crippen LogP contribution is 2.29. The van der Waals surface area contributed by atoms with E-state index in [1.165, 1.54) is 26.4 Å². The van der Waals surface area contributed by atoms with Crippen molar-refractivity contribution in [2.45, 2.75) is 32.4 Å². The van der Waals surface area contributed by atoms with Gasteiger partial charge in [-0.2, -0.15) is 5.26 Å². The maximum absolute atomic E-state index is 13.8. The Morgan fingerprint density at radius 3 is 2.45 bits per heavy atom. The van der Waals surface area contributed by atoms with Gasteiger partial charge in [-0.3, -0.25) is 13.9 Å². The van der Waals surface area contributed by atoms with Crippen molar-refractivity contribution in [3.63, 3.8) is 0 Å². The van der Waals surface area contributed by atoms with Crippen molar-refractivity contribution in [2.24, 2.45) is 0 Å². The lowest BCUT2D eigenvalue weighted by molar-refractivity contribution is -0.132. The standard InChI is InChI=1S/C29H29N7O4/c1-4-39-29(2,3)14-19(15-30)27(37)34-16-21(17-34)36-26-24(25(31)32-18-33-26)35(28(36)38)20-10-12-23(13-11-20)40-22-8-6-5-7-9-22/h5-14,18,21H,4,16-17H2,1-3H3,(H2,31,32,33). The number of anilines is 1. The largest absolute Gasteiger partial charge is 0.457 e. The molecule has 5 rings (SSSR count). The lowest BCUT2D eigenvalue weighted by Gasteiger charge is -2.39. The zero-order chi connectivity index (χ0) is 28.4. The van der Waals surface area contributed by atoms with Gasteiger partial charge in [0.05, 0.1) is 17.3 Å². The number of likely N-dealkylation sites (tertiary alicyclic amines) is 1. The number of carbonyl (C=O) groups excluding carboxylic acids is 1. The van der Waals surface area contributed by atoms with Gasteiger partial charge in [-0.1, -0.05) is 18.2 Å². The number of benzene rings is 2. The molecule has 0 atom stereocenters. The highest BCUT2D eigenvalue weighted by atomic mass is 16.5. The van der Waals surface area contributed by atoms with E-state index in [0.717, 1.165) is 0 Å². The Kier molecular flexibility index (Phi) is 7.11. The van der Waals surface area contributed by atoms with E-state index < -0.39 is 11.5 Å². The number of nitrogens with zero attached hydrogens (tertiary/aromatic N) is 6. The maximum Gasteiger partial charge on any atom is 0.335 e. The topological polar surface area (TPSA) is 141 Å². The van der Waals surface area contributed by atoms with E-state index in [2.05, 4.69) is 9.97 Å². The second-order valence-electron chi connectivity index (χ2n) is 9.90. The Morgan fingerprint density at radius 1 is 1.12 bits per heavy atom. The third-order valence-electron chi connectivity index (χ3n) is 6.63. The van der Waals surface area contributed by atoms with Crippen LogP contribution in [0.3, 0.4) is 0 Å². The molecule has 2 aromatic heterocycles. The third kappa shape index (κ3) is 5.04. The summed E-state index contributed by atoms with van der Waals surface area (Å²) < 4.78 is 14.5. The summed E-state index contributed by atoms with van der Waals surface area (Å²) in [5.74, 6) is 1.05. The Balaban J connectivity index is 1.43. The number of hydrogen-bond acceptors (Lipinski definition) is 8. The van der Waals surface area contributed by atoms with Gasteiger partial charge in [-0.05, 0) is 63.2 Å². The van der Waals surface area contributed by atoms with Crippen LogP contribution < -0.4 is 16.2 Å². The molecule has 2 aromatic carbocycles. The molecule has 0 bridgehead atoms. The van der Waals surface area contributed by atoms with Crippen LogP contribution in [0, 0.1) is 11.3 Å². The van der Waals surface area contributed by atoms with E-state index in [1.807, 2.05) is 43.3 Å². The van der Waals surface area contributed by atoms with Crippen LogP contribution in [0.15, 0.2) is 77.4 Å². The minimum atomic E-state index is -0.764. The molecule has 40 heavy (non-hydrogen) atoms. The summed E-state index contributed by atoms with van der Waals surface area (Å²) in [5, 5.41) is 9.61. The minimum Gasteiger partial charge on any atom is -0.457 e. The van der Waals surface area contributed by atoms with Gasteiger partial charge in [0.15, 0.2) is 11.5 Å². The first-order valence-corrected chi connectivity index (χ1v) is 12.9. The van der Waals surface area contributed by atoms with Crippen molar-refractivity contribution in [1.29, 1.82) is 5.26 Å². The number of ether oxygens (including phenoxy) is 2. The van der Waals surface area contributed by atoms with E-state index in [1.54, 1.807) is 38.1 Å². The van der Waals surface area contributed by atoms with Crippen molar-refractivity contribution in [1.82, 2.24) is 24.0 Å². The van der Waals surface area contributed by atoms with Crippen LogP contribution >= 0.6 is 0 Å². The molecule has 0 radical (unpaired) electrons. The number of nitriles is 1. The van der Waals surface area contributed by atoms with Crippen LogP contribution in [-0.4, -0.2) is 55.2 Å². The smallest absolute Gasteiger partial charge is 0.335 e. The van der Waals surface area contributed by atoms with E-state index in [4.69, 9.17) is 15.2 Å². The molecule has 0 spiro atoms. The molecule has 0 aliphatic carbocycles. The molecule has 0 unspecified atom stereocenters. The second-order valence-corrected chi connectivity index (χ2v) is 9.90. The summed E-state index contributed by atoms with van der Waals surface area (Å²) in [5.41, 5.74) is 6.41. The normalized spacial score (nSPS) is 14.2. The average molecular weight is 540 g/mol. The molecular weight excluding hydrogens is 510 g/mol. The quantitative estimate of drug-likeness (QED) is 0.264. The molecule has 11 heteroatoms. The predicted octanol–water partition coefficient (Wildman–Crippen LogP) is 3.61. The van der Waals surface area contributed by atoms with E-state index in [9.17, 15) is 14.9 Å². The summed E-state index contributed by atoms with van der Waals surface area (Å²) in [4.78, 5) is 36.8. The Labute approximate surface area is 230 Å². The molecule has 1 aliphatic heterocycles. The first-order valence-electron chi connectivity index (χ1n) is 12.9. The lowest BCUT2D eigenvalue weighted by atomic mass is 10.0. The van der Waals surface area contributed by atoms with Crippen molar-refractivity contribution >= 4 is 22.9 Å². The van der Waals surface area contributed by atoms with Gasteiger partial charge in [0.1, 0.15) is 35.0 Å². The molecule has 204 valence electrons. The number of amides is 1. The fourth-order valence-corrected chi connectivity index (χ4v) is 4.78. The van der Waals surface area contributed by atoms with E-state index in [0.29, 0.717) is 35.0 Å². The monoisotopic (exact) mass is 539 g/mol. The Morgan fingerprint density at radius 2 is 1.80 bits per heavy atom. The molecule has 2 N–H and O–H groups in total. The molecule has 1 saturated heterocycles. The van der Waals surface area contributed by atoms with Gasteiger partial charge in [-0.15, -0.1) is 0 Å². The van der Waals surface area contributed by atoms with Gasteiger partial charge in [0.2, 0.25) is 0 Å². The summed E-state index contributed by atoms with van der Waals surface area (Å²) >= 11 is 0. The average Bonchev–Trinajstić information content (AvgIpc) is 3.20. The van der Waals surface area contributed by atoms with Crippen LogP contribution in [0.1, 0.15) is 26.8 Å². The van der Waals surface area contributed by atoms with Gasteiger partial charge in [0, 0.05) is 19.7 Å². The summed E-state index contributed by atoms with van der Waals surface area (Å²) in [6, 6.07) is 18.1. The predicted molar refractivity (Wildman–Crippen MR) is 149 cm³/mol. The number of nitrogen functional groups attached to an aromatic ring is 1. The van der Waals surface area contributed by atoms with Crippen LogP contribution in [0.4, 0.5) is 5.82 Å². The van der Waals surface area contributed by atoms with Gasteiger partial charge >= 0.3 is 5.69 Å². The third-order valence-corrected chi connectivity index (χ3v) is 6.63. The zero-order valence-corrected chi connectivity index (χ0v) is 22.4. The van der Waals surface area contributed by atoms with Crippen molar-refractivity contribution < 1.29 is 14.3 Å². The summed E-state index contributed by atoms with van der Waals surface area (Å²) in [6.07, 6.45) is 2.84. The highest BCUT2D eigenvalue weighted by Gasteiger charge is 2.37. The fourth-order valence-electron chi connectivity index (χ4n) is 4.78. The first kappa shape index (κ1) is 26.6. The molecular formula is C29H29N7O4. The molecule has 4 aromatic rings. The Bertz CT molecular complexity index is 1680. The van der Waals surface area contributed by atoms with Crippen LogP contribution in [0.5, 0.6) is 11.5 Å². The second kappa shape index (κ2) is 10.7. The molecule has 1 aliphatic rings. The molecule has 3 heterocycles. The minimum absolute atomic E-state index is 0.00365.